The van der Waals surface area contributed by atoms with Gasteiger partial charge in [0, 0.05) is 57.6 Å². The summed E-state index contributed by atoms with van der Waals surface area (Å²) in [4.78, 5) is 48.3. The van der Waals surface area contributed by atoms with Gasteiger partial charge in [-0.1, -0.05) is 13.5 Å². The number of hydrogen-bond acceptors (Lipinski definition) is 8. The first-order chi connectivity index (χ1) is 16.5. The van der Waals surface area contributed by atoms with Gasteiger partial charge in [-0.05, 0) is 43.0 Å². The van der Waals surface area contributed by atoms with Crippen LogP contribution < -0.4 is 21.3 Å². The number of anilines is 2. The topological polar surface area (TPSA) is 138 Å². The zero-order valence-corrected chi connectivity index (χ0v) is 19.6. The Labute approximate surface area is 200 Å². The molecule has 2 aromatic heterocycles. The molecule has 2 heterocycles. The van der Waals surface area contributed by atoms with Crippen molar-refractivity contribution in [2.24, 2.45) is 0 Å². The van der Waals surface area contributed by atoms with E-state index in [2.05, 4.69) is 42.8 Å². The molecule has 4 N–H and O–H groups in total. The molecule has 0 spiro atoms. The smallest absolute Gasteiger partial charge is 0.256 e. The monoisotopic (exact) mass is 467 g/mol. The van der Waals surface area contributed by atoms with Gasteiger partial charge in [0.1, 0.15) is 11.4 Å². The highest BCUT2D eigenvalue weighted by molar-refractivity contribution is 5.98. The summed E-state index contributed by atoms with van der Waals surface area (Å²) < 4.78 is 0. The first-order valence-corrected chi connectivity index (χ1v) is 11.5. The summed E-state index contributed by atoms with van der Waals surface area (Å²) in [5.74, 6) is 0.271. The van der Waals surface area contributed by atoms with Crippen molar-refractivity contribution in [2.75, 3.05) is 36.8 Å². The zero-order chi connectivity index (χ0) is 24.6. The molecule has 0 fully saturated rings. The fourth-order valence-electron chi connectivity index (χ4n) is 2.92. The van der Waals surface area contributed by atoms with E-state index in [0.717, 1.165) is 18.4 Å². The van der Waals surface area contributed by atoms with Crippen LogP contribution in [0.15, 0.2) is 43.4 Å². The van der Waals surface area contributed by atoms with Crippen LogP contribution in [0.3, 0.4) is 0 Å². The van der Waals surface area contributed by atoms with Gasteiger partial charge in [-0.25, -0.2) is 4.98 Å². The Kier molecular flexibility index (Phi) is 11.7. The highest BCUT2D eigenvalue weighted by atomic mass is 16.2. The van der Waals surface area contributed by atoms with Gasteiger partial charge in [0.15, 0.2) is 5.78 Å². The molecule has 2 rings (SSSR count). The van der Waals surface area contributed by atoms with E-state index in [-0.39, 0.29) is 30.4 Å². The molecule has 0 aliphatic carbocycles. The Balaban J connectivity index is 1.81. The van der Waals surface area contributed by atoms with Crippen molar-refractivity contribution in [1.29, 1.82) is 0 Å². The second kappa shape index (κ2) is 15.1. The molecule has 0 unspecified atom stereocenters. The van der Waals surface area contributed by atoms with Gasteiger partial charge in [-0.2, -0.15) is 4.98 Å². The molecule has 10 nitrogen and oxygen atoms in total. The minimum atomic E-state index is -0.287. The summed E-state index contributed by atoms with van der Waals surface area (Å²) in [5.41, 5.74) is 1.52. The number of hydrogen-bond donors (Lipinski definition) is 4. The van der Waals surface area contributed by atoms with E-state index in [9.17, 15) is 14.4 Å². The van der Waals surface area contributed by atoms with E-state index in [1.807, 2.05) is 19.1 Å². The van der Waals surface area contributed by atoms with Crippen LogP contribution in [0.5, 0.6) is 0 Å². The average molecular weight is 468 g/mol. The third kappa shape index (κ3) is 9.76. The molecule has 0 aromatic carbocycles. The number of allylic oxidation sites excluding steroid dienone is 1. The largest absolute Gasteiger partial charge is 0.369 e. The zero-order valence-electron chi connectivity index (χ0n) is 19.6. The molecule has 182 valence electrons. The Morgan fingerprint density at radius 2 is 1.76 bits per heavy atom. The number of carbonyl (C=O) groups is 3. The maximum atomic E-state index is 12.7. The van der Waals surface area contributed by atoms with E-state index in [1.54, 1.807) is 12.4 Å². The molecule has 0 saturated heterocycles. The normalized spacial score (nSPS) is 10.3. The summed E-state index contributed by atoms with van der Waals surface area (Å²) in [6, 6.07) is 3.92. The lowest BCUT2D eigenvalue weighted by Crippen LogP contribution is -2.30. The van der Waals surface area contributed by atoms with Crippen molar-refractivity contribution >= 4 is 29.4 Å². The van der Waals surface area contributed by atoms with Crippen molar-refractivity contribution in [3.05, 3.63) is 54.5 Å². The highest BCUT2D eigenvalue weighted by Crippen LogP contribution is 2.14. The SMILES string of the molecule is C=CC(=O)CCC(=O)NCCCNC(=O)c1cnc(NCCc2ccncc2)nc1NCCC. The second-order valence-electron chi connectivity index (χ2n) is 7.54. The summed E-state index contributed by atoms with van der Waals surface area (Å²) in [6.07, 6.45) is 8.74. The first-order valence-electron chi connectivity index (χ1n) is 11.5. The summed E-state index contributed by atoms with van der Waals surface area (Å²) in [5, 5.41) is 11.9. The molecule has 2 amide bonds. The van der Waals surface area contributed by atoms with Gasteiger partial charge >= 0.3 is 0 Å². The van der Waals surface area contributed by atoms with Gasteiger partial charge in [0.25, 0.3) is 5.91 Å². The van der Waals surface area contributed by atoms with Crippen molar-refractivity contribution < 1.29 is 14.4 Å². The van der Waals surface area contributed by atoms with Crippen LogP contribution in [0.25, 0.3) is 0 Å². The quantitative estimate of drug-likeness (QED) is 0.218. The maximum Gasteiger partial charge on any atom is 0.256 e. The van der Waals surface area contributed by atoms with E-state index in [0.29, 0.717) is 49.9 Å². The van der Waals surface area contributed by atoms with Crippen LogP contribution >= 0.6 is 0 Å². The van der Waals surface area contributed by atoms with E-state index in [1.165, 1.54) is 12.3 Å². The lowest BCUT2D eigenvalue weighted by Gasteiger charge is -2.13. The van der Waals surface area contributed by atoms with Gasteiger partial charge < -0.3 is 21.3 Å². The van der Waals surface area contributed by atoms with Crippen molar-refractivity contribution in [2.45, 2.75) is 39.0 Å². The number of rotatable bonds is 16. The molecule has 2 aromatic rings. The van der Waals surface area contributed by atoms with Crippen LogP contribution in [0.1, 0.15) is 48.5 Å². The number of nitrogens with zero attached hydrogens (tertiary/aromatic N) is 3. The van der Waals surface area contributed by atoms with Gasteiger partial charge in [0.05, 0.1) is 0 Å². The Hall–Kier alpha value is -3.82. The molecule has 0 radical (unpaired) electrons. The molecular formula is C24H33N7O3. The van der Waals surface area contributed by atoms with Crippen molar-refractivity contribution in [3.63, 3.8) is 0 Å². The lowest BCUT2D eigenvalue weighted by atomic mass is 10.2. The van der Waals surface area contributed by atoms with Crippen molar-refractivity contribution in [3.8, 4) is 0 Å². The molecular weight excluding hydrogens is 434 g/mol. The average Bonchev–Trinajstić information content (AvgIpc) is 2.86. The summed E-state index contributed by atoms with van der Waals surface area (Å²) >= 11 is 0. The lowest BCUT2D eigenvalue weighted by molar-refractivity contribution is -0.123. The number of carbonyl (C=O) groups excluding carboxylic acids is 3. The number of nitrogens with one attached hydrogen (secondary N) is 4. The van der Waals surface area contributed by atoms with E-state index in [4.69, 9.17) is 0 Å². The number of ketones is 1. The van der Waals surface area contributed by atoms with Crippen LogP contribution in [0.2, 0.25) is 0 Å². The predicted octanol–water partition coefficient (Wildman–Crippen LogP) is 2.12. The molecule has 0 bridgehead atoms. The number of amides is 2. The van der Waals surface area contributed by atoms with Crippen LogP contribution in [-0.4, -0.2) is 58.7 Å². The van der Waals surface area contributed by atoms with Gasteiger partial charge in [-0.15, -0.1) is 0 Å². The van der Waals surface area contributed by atoms with Crippen LogP contribution in [-0.2, 0) is 16.0 Å². The summed E-state index contributed by atoms with van der Waals surface area (Å²) in [7, 11) is 0. The van der Waals surface area contributed by atoms with Crippen molar-refractivity contribution in [1.82, 2.24) is 25.6 Å². The van der Waals surface area contributed by atoms with Gasteiger partial charge in [0.2, 0.25) is 11.9 Å². The summed E-state index contributed by atoms with van der Waals surface area (Å²) in [6.45, 7) is 7.51. The second-order valence-corrected chi connectivity index (χ2v) is 7.54. The minimum absolute atomic E-state index is 0.129. The molecule has 10 heteroatoms. The number of aromatic nitrogens is 3. The third-order valence-electron chi connectivity index (χ3n) is 4.81. The Bertz CT molecular complexity index is 951. The molecule has 34 heavy (non-hydrogen) atoms. The van der Waals surface area contributed by atoms with E-state index < -0.39 is 0 Å². The predicted molar refractivity (Wildman–Crippen MR) is 132 cm³/mol. The third-order valence-corrected chi connectivity index (χ3v) is 4.81. The molecule has 0 atom stereocenters. The Morgan fingerprint density at radius 3 is 2.50 bits per heavy atom. The first kappa shape index (κ1) is 26.4. The Morgan fingerprint density at radius 1 is 1.00 bits per heavy atom. The highest BCUT2D eigenvalue weighted by Gasteiger charge is 2.14. The van der Waals surface area contributed by atoms with E-state index >= 15 is 0 Å². The molecule has 0 aliphatic heterocycles. The fourth-order valence-corrected chi connectivity index (χ4v) is 2.92. The fraction of sp³-hybridized carbons (Fsp3) is 0.417. The molecule has 0 aliphatic rings. The van der Waals surface area contributed by atoms with Crippen LogP contribution in [0, 0.1) is 0 Å². The maximum absolute atomic E-state index is 12.7. The minimum Gasteiger partial charge on any atom is -0.369 e. The van der Waals surface area contributed by atoms with Gasteiger partial charge in [-0.3, -0.25) is 19.4 Å². The van der Waals surface area contributed by atoms with Crippen LogP contribution in [0.4, 0.5) is 11.8 Å². The number of pyridine rings is 1. The standard InChI is InChI=1S/C24H33N7O3/c1-3-11-27-22-20(17-30-24(31-22)29-16-10-18-8-14-25-15-9-18)23(34)28-13-5-12-26-21(33)7-6-19(32)4-2/h4,8-9,14-15,17H,2-3,5-7,10-13,16H2,1H3,(H,26,33)(H,28,34)(H2,27,29,30,31). The molecule has 0 saturated carbocycles.